The highest BCUT2D eigenvalue weighted by Gasteiger charge is 2.32. The molecule has 0 radical (unpaired) electrons. The van der Waals surface area contributed by atoms with Crippen LogP contribution in [0.15, 0.2) is 47.4 Å². The lowest BCUT2D eigenvalue weighted by Crippen LogP contribution is -2.48. The second kappa shape index (κ2) is 7.66. The Bertz CT molecular complexity index is 1030. The normalized spacial score (nSPS) is 21.7. The van der Waals surface area contributed by atoms with Gasteiger partial charge in [0.2, 0.25) is 16.8 Å². The van der Waals surface area contributed by atoms with Crippen LogP contribution >= 0.6 is 0 Å². The number of benzene rings is 2. The number of hydrogen-bond donors (Lipinski definition) is 1. The van der Waals surface area contributed by atoms with Gasteiger partial charge in [0, 0.05) is 30.4 Å². The maximum absolute atomic E-state index is 13.0. The number of nitrogens with one attached hydrogen (secondary N) is 1. The van der Waals surface area contributed by atoms with Gasteiger partial charge in [0.1, 0.15) is 0 Å². The zero-order chi connectivity index (χ0) is 20.6. The first-order chi connectivity index (χ1) is 13.8. The van der Waals surface area contributed by atoms with Gasteiger partial charge in [-0.05, 0) is 44.2 Å². The molecule has 2 aromatic rings. The topological polar surface area (TPSA) is 94.2 Å². The van der Waals surface area contributed by atoms with E-state index in [1.165, 1.54) is 16.4 Å². The van der Waals surface area contributed by atoms with Crippen LogP contribution in [0.4, 0.5) is 5.69 Å². The molecule has 0 aliphatic carbocycles. The summed E-state index contributed by atoms with van der Waals surface area (Å²) >= 11 is 0. The molecule has 0 aromatic heterocycles. The van der Waals surface area contributed by atoms with Crippen LogP contribution in [0.1, 0.15) is 24.2 Å². The second-order valence-corrected chi connectivity index (χ2v) is 9.07. The van der Waals surface area contributed by atoms with E-state index in [0.29, 0.717) is 17.2 Å². The predicted octanol–water partition coefficient (Wildman–Crippen LogP) is 2.47. The van der Waals surface area contributed by atoms with E-state index < -0.39 is 15.9 Å². The highest BCUT2D eigenvalue weighted by molar-refractivity contribution is 7.89. The van der Waals surface area contributed by atoms with Crippen molar-refractivity contribution in [2.45, 2.75) is 31.0 Å². The number of anilines is 1. The van der Waals surface area contributed by atoms with Gasteiger partial charge in [-0.1, -0.05) is 6.07 Å². The van der Waals surface area contributed by atoms with Gasteiger partial charge in [-0.25, -0.2) is 8.42 Å². The molecule has 1 amide bonds. The van der Waals surface area contributed by atoms with E-state index in [9.17, 15) is 13.2 Å². The molecule has 1 N–H and O–H groups in total. The summed E-state index contributed by atoms with van der Waals surface area (Å²) in [4.78, 5) is 12.7. The Labute approximate surface area is 169 Å². The second-order valence-electron chi connectivity index (χ2n) is 7.13. The number of rotatable bonds is 4. The van der Waals surface area contributed by atoms with Crippen LogP contribution in [0.2, 0.25) is 0 Å². The molecular formula is C20H22N2O6S. The third-order valence-electron chi connectivity index (χ3n) is 4.75. The first-order valence-corrected chi connectivity index (χ1v) is 10.7. The number of carbonyl (C=O) groups is 1. The number of sulfonamides is 1. The van der Waals surface area contributed by atoms with E-state index in [1.54, 1.807) is 30.3 Å². The molecule has 0 spiro atoms. The molecule has 29 heavy (non-hydrogen) atoms. The van der Waals surface area contributed by atoms with Gasteiger partial charge >= 0.3 is 0 Å². The summed E-state index contributed by atoms with van der Waals surface area (Å²) in [5.41, 5.74) is 0.779. The Hall–Kier alpha value is -2.62. The lowest BCUT2D eigenvalue weighted by Gasteiger charge is -2.34. The van der Waals surface area contributed by atoms with Gasteiger partial charge in [-0.15, -0.1) is 0 Å². The summed E-state index contributed by atoms with van der Waals surface area (Å²) in [6.07, 6.45) is -0.378. The average molecular weight is 418 g/mol. The summed E-state index contributed by atoms with van der Waals surface area (Å²) in [7, 11) is -3.73. The summed E-state index contributed by atoms with van der Waals surface area (Å²) < 4.78 is 43.7. The molecule has 2 aromatic carbocycles. The third kappa shape index (κ3) is 4.07. The van der Waals surface area contributed by atoms with Crippen molar-refractivity contribution in [3.63, 3.8) is 0 Å². The molecule has 8 nitrogen and oxygen atoms in total. The maximum Gasteiger partial charge on any atom is 0.255 e. The zero-order valence-corrected chi connectivity index (χ0v) is 16.9. The Kier molecular flexibility index (Phi) is 5.20. The lowest BCUT2D eigenvalue weighted by atomic mass is 10.2. The van der Waals surface area contributed by atoms with Gasteiger partial charge in [-0.2, -0.15) is 4.31 Å². The Balaban J connectivity index is 1.54. The van der Waals surface area contributed by atoms with Crippen LogP contribution in [-0.2, 0) is 14.8 Å². The van der Waals surface area contributed by atoms with Crippen molar-refractivity contribution < 1.29 is 27.4 Å². The molecule has 2 aliphatic rings. The van der Waals surface area contributed by atoms with E-state index in [1.807, 2.05) is 13.8 Å². The van der Waals surface area contributed by atoms with Crippen molar-refractivity contribution in [1.29, 1.82) is 0 Å². The largest absolute Gasteiger partial charge is 0.454 e. The molecule has 2 heterocycles. The van der Waals surface area contributed by atoms with E-state index in [-0.39, 0.29) is 42.5 Å². The smallest absolute Gasteiger partial charge is 0.255 e. The van der Waals surface area contributed by atoms with Gasteiger partial charge < -0.3 is 19.5 Å². The van der Waals surface area contributed by atoms with Crippen LogP contribution in [0, 0.1) is 0 Å². The summed E-state index contributed by atoms with van der Waals surface area (Å²) in [6.45, 7) is 4.38. The lowest BCUT2D eigenvalue weighted by molar-refractivity contribution is -0.0440. The molecule has 4 rings (SSSR count). The number of hydrogen-bond acceptors (Lipinski definition) is 6. The highest BCUT2D eigenvalue weighted by Crippen LogP contribution is 2.34. The minimum atomic E-state index is -3.73. The Morgan fingerprint density at radius 3 is 2.52 bits per heavy atom. The summed E-state index contributed by atoms with van der Waals surface area (Å²) in [5.74, 6) is 0.754. The zero-order valence-electron chi connectivity index (χ0n) is 16.1. The fourth-order valence-corrected chi connectivity index (χ4v) is 5.09. The van der Waals surface area contributed by atoms with Gasteiger partial charge in [0.25, 0.3) is 5.91 Å². The van der Waals surface area contributed by atoms with Crippen molar-refractivity contribution in [2.24, 2.45) is 0 Å². The van der Waals surface area contributed by atoms with Gasteiger partial charge in [0.05, 0.1) is 17.1 Å². The molecule has 0 saturated carbocycles. The van der Waals surface area contributed by atoms with E-state index in [4.69, 9.17) is 14.2 Å². The van der Waals surface area contributed by atoms with Crippen LogP contribution < -0.4 is 14.8 Å². The monoisotopic (exact) mass is 418 g/mol. The quantitative estimate of drug-likeness (QED) is 0.820. The summed E-state index contributed by atoms with van der Waals surface area (Å²) in [5, 5.41) is 2.76. The average Bonchev–Trinajstić information content (AvgIpc) is 3.15. The van der Waals surface area contributed by atoms with Crippen molar-refractivity contribution in [1.82, 2.24) is 4.31 Å². The van der Waals surface area contributed by atoms with Gasteiger partial charge in [-0.3, -0.25) is 4.79 Å². The fraction of sp³-hybridized carbons (Fsp3) is 0.350. The van der Waals surface area contributed by atoms with Gasteiger partial charge in [0.15, 0.2) is 11.5 Å². The van der Waals surface area contributed by atoms with Crippen molar-refractivity contribution in [3.8, 4) is 11.5 Å². The van der Waals surface area contributed by atoms with Crippen molar-refractivity contribution >= 4 is 21.6 Å². The van der Waals surface area contributed by atoms with Crippen LogP contribution in [0.25, 0.3) is 0 Å². The molecule has 0 bridgehead atoms. The molecule has 154 valence electrons. The number of ether oxygens (including phenoxy) is 3. The molecule has 2 atom stereocenters. The van der Waals surface area contributed by atoms with E-state index >= 15 is 0 Å². The minimum Gasteiger partial charge on any atom is -0.454 e. The first-order valence-electron chi connectivity index (χ1n) is 9.29. The number of morpholine rings is 1. The number of fused-ring (bicyclic) bond motifs is 1. The molecule has 1 saturated heterocycles. The molecule has 2 aliphatic heterocycles. The maximum atomic E-state index is 13.0. The van der Waals surface area contributed by atoms with Crippen LogP contribution in [0.5, 0.6) is 11.5 Å². The van der Waals surface area contributed by atoms with Crippen molar-refractivity contribution in [2.75, 3.05) is 25.2 Å². The minimum absolute atomic E-state index is 0.0807. The molecule has 1 fully saturated rings. The number of nitrogens with zero attached hydrogens (tertiary/aromatic N) is 1. The molecule has 9 heteroatoms. The third-order valence-corrected chi connectivity index (χ3v) is 6.58. The highest BCUT2D eigenvalue weighted by atomic mass is 32.2. The SMILES string of the molecule is CC1CN(S(=O)(=O)c2cccc(C(=O)Nc3ccc4c(c3)OCO4)c2)CC(C)O1. The van der Waals surface area contributed by atoms with E-state index in [2.05, 4.69) is 5.32 Å². The van der Waals surface area contributed by atoms with Crippen molar-refractivity contribution in [3.05, 3.63) is 48.0 Å². The van der Waals surface area contributed by atoms with E-state index in [0.717, 1.165) is 0 Å². The Morgan fingerprint density at radius 1 is 1.03 bits per heavy atom. The fourth-order valence-electron chi connectivity index (χ4n) is 3.45. The summed E-state index contributed by atoms with van der Waals surface area (Å²) in [6, 6.07) is 11.1. The number of carbonyl (C=O) groups excluding carboxylic acids is 1. The molecular weight excluding hydrogens is 396 g/mol. The molecule has 2 unspecified atom stereocenters. The van der Waals surface area contributed by atoms with Crippen LogP contribution in [-0.4, -0.2) is 50.7 Å². The first kappa shape index (κ1) is 19.7. The number of amides is 1. The predicted molar refractivity (Wildman–Crippen MR) is 106 cm³/mol. The van der Waals surface area contributed by atoms with Crippen LogP contribution in [0.3, 0.4) is 0 Å². The Morgan fingerprint density at radius 2 is 1.76 bits per heavy atom. The standard InChI is InChI=1S/C20H22N2O6S/c1-13-10-22(11-14(2)28-13)29(24,25)17-5-3-4-15(8-17)20(23)21-16-6-7-18-19(9-16)27-12-26-18/h3-9,13-14H,10-12H2,1-2H3,(H,21,23).